The molecule has 0 aliphatic heterocycles. The zero-order valence-corrected chi connectivity index (χ0v) is 29.2. The van der Waals surface area contributed by atoms with Crippen LogP contribution >= 0.6 is 22.7 Å². The average Bonchev–Trinajstić information content (AvgIpc) is 3.95. The Balaban J connectivity index is 1.20. The number of fused-ring (bicyclic) bond motifs is 13. The van der Waals surface area contributed by atoms with E-state index in [0.717, 1.165) is 43.6 Å². The van der Waals surface area contributed by atoms with Crippen molar-refractivity contribution in [3.8, 4) is 22.9 Å². The molecule has 0 fully saturated rings. The predicted molar refractivity (Wildman–Crippen MR) is 222 cm³/mol. The summed E-state index contributed by atoms with van der Waals surface area (Å²) < 4.78 is 9.53. The molecule has 0 spiro atoms. The van der Waals surface area contributed by atoms with Crippen LogP contribution in [0.5, 0.6) is 0 Å². The normalized spacial score (nSPS) is 12.2. The van der Waals surface area contributed by atoms with Crippen LogP contribution in [0.2, 0.25) is 0 Å². The molecule has 12 rings (SSSR count). The van der Waals surface area contributed by atoms with Gasteiger partial charge in [0.05, 0.1) is 42.7 Å². The summed E-state index contributed by atoms with van der Waals surface area (Å²) in [6.07, 6.45) is 0. The van der Waals surface area contributed by atoms with Crippen molar-refractivity contribution in [1.29, 1.82) is 0 Å². The van der Waals surface area contributed by atoms with Crippen LogP contribution in [-0.4, -0.2) is 19.1 Å². The lowest BCUT2D eigenvalue weighted by molar-refractivity contribution is 1.02. The number of nitrogens with zero attached hydrogens (tertiary/aromatic N) is 4. The van der Waals surface area contributed by atoms with Crippen molar-refractivity contribution in [3.63, 3.8) is 0 Å². The van der Waals surface area contributed by atoms with E-state index < -0.39 is 0 Å². The summed E-state index contributed by atoms with van der Waals surface area (Å²) in [6, 6.07) is 56.8. The Morgan fingerprint density at radius 3 is 1.81 bits per heavy atom. The number of para-hydroxylation sites is 3. The summed E-state index contributed by atoms with van der Waals surface area (Å²) in [5.74, 6) is 0.689. The monoisotopic (exact) mass is 698 g/mol. The van der Waals surface area contributed by atoms with Crippen molar-refractivity contribution in [3.05, 3.63) is 158 Å². The highest BCUT2D eigenvalue weighted by Crippen LogP contribution is 2.45. The molecule has 0 N–H and O–H groups in total. The van der Waals surface area contributed by atoms with Gasteiger partial charge in [0.25, 0.3) is 0 Å². The van der Waals surface area contributed by atoms with Crippen LogP contribution in [0.4, 0.5) is 0 Å². The zero-order valence-electron chi connectivity index (χ0n) is 27.6. The van der Waals surface area contributed by atoms with Crippen molar-refractivity contribution in [2.45, 2.75) is 0 Å². The van der Waals surface area contributed by atoms with Gasteiger partial charge in [-0.2, -0.15) is 0 Å². The lowest BCUT2D eigenvalue weighted by Crippen LogP contribution is -2.02. The predicted octanol–water partition coefficient (Wildman–Crippen LogP) is 13.1. The maximum absolute atomic E-state index is 5.58. The Labute approximate surface area is 305 Å². The lowest BCUT2D eigenvalue weighted by Gasteiger charge is -2.11. The molecule has 5 heterocycles. The molecule has 0 unspecified atom stereocenters. The molecule has 5 aromatic heterocycles. The fourth-order valence-corrected chi connectivity index (χ4v) is 10.7. The van der Waals surface area contributed by atoms with Gasteiger partial charge in [0.15, 0.2) is 0 Å². The second-order valence-electron chi connectivity index (χ2n) is 13.4. The van der Waals surface area contributed by atoms with Gasteiger partial charge in [-0.25, -0.2) is 9.97 Å². The summed E-state index contributed by atoms with van der Waals surface area (Å²) in [7, 11) is 0. The number of benzene rings is 7. The first-order chi connectivity index (χ1) is 25.8. The van der Waals surface area contributed by atoms with Gasteiger partial charge in [-0.3, -0.25) is 4.57 Å². The van der Waals surface area contributed by atoms with Gasteiger partial charge >= 0.3 is 0 Å². The molecule has 52 heavy (non-hydrogen) atoms. The molecule has 0 saturated carbocycles. The zero-order chi connectivity index (χ0) is 33.9. The molecular weight excluding hydrogens is 673 g/mol. The third-order valence-corrected chi connectivity index (χ3v) is 12.9. The number of thiophene rings is 2. The molecule has 0 aliphatic rings. The number of hydrogen-bond donors (Lipinski definition) is 0. The molecule has 242 valence electrons. The molecule has 4 nitrogen and oxygen atoms in total. The first-order valence-electron chi connectivity index (χ1n) is 17.4. The van der Waals surface area contributed by atoms with Crippen molar-refractivity contribution >= 4 is 107 Å². The Hall–Kier alpha value is -6.34. The summed E-state index contributed by atoms with van der Waals surface area (Å²) in [5.41, 5.74) is 8.80. The second-order valence-corrected chi connectivity index (χ2v) is 15.5. The minimum atomic E-state index is 0.689. The largest absolute Gasteiger partial charge is 0.309 e. The van der Waals surface area contributed by atoms with E-state index in [1.807, 2.05) is 11.3 Å². The Morgan fingerprint density at radius 2 is 1.00 bits per heavy atom. The van der Waals surface area contributed by atoms with Gasteiger partial charge in [0.1, 0.15) is 0 Å². The number of hydrogen-bond acceptors (Lipinski definition) is 4. The molecule has 0 bridgehead atoms. The maximum atomic E-state index is 5.58. The SMILES string of the molecule is c1ccc(-n2c3ccccc3c3cc(-c4nc(-n5c6ccccc6c6ccc7c8ccccc8sc7c65)nc5c4sc4ccccc45)ccc32)cc1. The molecule has 0 radical (unpaired) electrons. The van der Waals surface area contributed by atoms with Crippen molar-refractivity contribution in [2.24, 2.45) is 0 Å². The maximum Gasteiger partial charge on any atom is 0.235 e. The molecule has 12 aromatic rings. The van der Waals surface area contributed by atoms with Gasteiger partial charge in [0.2, 0.25) is 5.95 Å². The fraction of sp³-hybridized carbons (Fsp3) is 0. The Kier molecular flexibility index (Phi) is 5.78. The quantitative estimate of drug-likeness (QED) is 0.184. The fourth-order valence-electron chi connectivity index (χ4n) is 8.29. The van der Waals surface area contributed by atoms with Gasteiger partial charge < -0.3 is 4.57 Å². The first kappa shape index (κ1) is 28.4. The molecule has 0 saturated heterocycles. The molecule has 0 aliphatic carbocycles. The van der Waals surface area contributed by atoms with Crippen LogP contribution in [0, 0.1) is 0 Å². The van der Waals surface area contributed by atoms with Crippen LogP contribution < -0.4 is 0 Å². The lowest BCUT2D eigenvalue weighted by atomic mass is 10.1. The third-order valence-electron chi connectivity index (χ3n) is 10.5. The summed E-state index contributed by atoms with van der Waals surface area (Å²) in [6.45, 7) is 0. The molecule has 0 atom stereocenters. The van der Waals surface area contributed by atoms with E-state index in [1.165, 1.54) is 57.5 Å². The van der Waals surface area contributed by atoms with Gasteiger partial charge in [-0.15, -0.1) is 22.7 Å². The minimum absolute atomic E-state index is 0.689. The van der Waals surface area contributed by atoms with E-state index in [1.54, 1.807) is 11.3 Å². The highest BCUT2D eigenvalue weighted by Gasteiger charge is 2.23. The van der Waals surface area contributed by atoms with E-state index in [9.17, 15) is 0 Å². The van der Waals surface area contributed by atoms with E-state index in [2.05, 4.69) is 167 Å². The molecule has 7 aromatic carbocycles. The summed E-state index contributed by atoms with van der Waals surface area (Å²) in [5, 5.41) is 8.54. The second kappa shape index (κ2) is 10.6. The highest BCUT2D eigenvalue weighted by atomic mass is 32.1. The van der Waals surface area contributed by atoms with Crippen molar-refractivity contribution in [1.82, 2.24) is 19.1 Å². The minimum Gasteiger partial charge on any atom is -0.309 e. The van der Waals surface area contributed by atoms with E-state index in [-0.39, 0.29) is 0 Å². The first-order valence-corrected chi connectivity index (χ1v) is 19.1. The van der Waals surface area contributed by atoms with Crippen LogP contribution in [0.1, 0.15) is 0 Å². The van der Waals surface area contributed by atoms with E-state index >= 15 is 0 Å². The van der Waals surface area contributed by atoms with Crippen LogP contribution in [0.25, 0.3) is 107 Å². The number of aromatic nitrogens is 4. The standard InChI is InChI=1S/C46H26N4S2/c1-2-12-28(13-3-1)49-36-18-8-5-15-30(36)35-26-27(22-25-38(35)49)41-45-42(34-17-7-11-21-40(34)52-45)48-46(47-41)50-37-19-9-4-14-29(37)32-23-24-33-31-16-6-10-20-39(31)51-44(33)43(32)50/h1-26H. The smallest absolute Gasteiger partial charge is 0.235 e. The van der Waals surface area contributed by atoms with Gasteiger partial charge in [0, 0.05) is 58.4 Å². The van der Waals surface area contributed by atoms with Gasteiger partial charge in [-0.1, -0.05) is 109 Å². The molecule has 6 heteroatoms. The molecule has 0 amide bonds. The van der Waals surface area contributed by atoms with E-state index in [0.29, 0.717) is 5.95 Å². The Morgan fingerprint density at radius 1 is 0.404 bits per heavy atom. The summed E-state index contributed by atoms with van der Waals surface area (Å²) in [4.78, 5) is 11.1. The average molecular weight is 699 g/mol. The van der Waals surface area contributed by atoms with Crippen LogP contribution in [0.3, 0.4) is 0 Å². The van der Waals surface area contributed by atoms with E-state index in [4.69, 9.17) is 9.97 Å². The topological polar surface area (TPSA) is 35.6 Å². The van der Waals surface area contributed by atoms with Crippen molar-refractivity contribution in [2.75, 3.05) is 0 Å². The third kappa shape index (κ3) is 3.85. The van der Waals surface area contributed by atoms with Crippen molar-refractivity contribution < 1.29 is 0 Å². The van der Waals surface area contributed by atoms with Crippen LogP contribution in [0.15, 0.2) is 158 Å². The highest BCUT2D eigenvalue weighted by molar-refractivity contribution is 7.27. The Bertz CT molecular complexity index is 3420. The van der Waals surface area contributed by atoms with Crippen LogP contribution in [-0.2, 0) is 0 Å². The number of rotatable bonds is 3. The molecular formula is C46H26N4S2. The summed E-state index contributed by atoms with van der Waals surface area (Å²) >= 11 is 3.63. The van der Waals surface area contributed by atoms with Gasteiger partial charge in [-0.05, 0) is 48.5 Å².